The monoisotopic (exact) mass is 241 g/mol. The summed E-state index contributed by atoms with van der Waals surface area (Å²) in [5, 5.41) is 13.1. The number of hydrogen-bond acceptors (Lipinski definition) is 5. The Labute approximate surface area is 98.2 Å². The van der Waals surface area contributed by atoms with Crippen LogP contribution >= 0.6 is 11.5 Å². The molecule has 5 nitrogen and oxygen atoms in total. The van der Waals surface area contributed by atoms with E-state index < -0.39 is 0 Å². The molecule has 1 amide bonds. The lowest BCUT2D eigenvalue weighted by Crippen LogP contribution is -2.39. The molecule has 0 aliphatic carbocycles. The summed E-state index contributed by atoms with van der Waals surface area (Å²) < 4.78 is 3.77. The van der Waals surface area contributed by atoms with E-state index in [9.17, 15) is 9.90 Å². The lowest BCUT2D eigenvalue weighted by atomic mass is 10.0. The van der Waals surface area contributed by atoms with Crippen molar-refractivity contribution < 1.29 is 9.90 Å². The van der Waals surface area contributed by atoms with Crippen molar-refractivity contribution in [2.75, 3.05) is 13.2 Å². The van der Waals surface area contributed by atoms with E-state index in [0.717, 1.165) is 18.0 Å². The molecule has 0 radical (unpaired) electrons. The van der Waals surface area contributed by atoms with E-state index in [-0.39, 0.29) is 18.6 Å². The number of aryl methyl sites for hydroxylation is 1. The summed E-state index contributed by atoms with van der Waals surface area (Å²) in [6.45, 7) is 4.58. The number of rotatable bonds is 2. The van der Waals surface area contributed by atoms with Crippen LogP contribution in [0.5, 0.6) is 0 Å². The zero-order valence-corrected chi connectivity index (χ0v) is 10.2. The number of amides is 1. The molecule has 2 rings (SSSR count). The standard InChI is InChI=1S/C10H15N3O2S/c1-6-3-4-13(8(6)5-14)10(15)9-7(2)11-12-16-9/h6,8,14H,3-5H2,1-2H3. The van der Waals surface area contributed by atoms with Crippen molar-refractivity contribution in [1.29, 1.82) is 0 Å². The van der Waals surface area contributed by atoms with Crippen molar-refractivity contribution in [2.45, 2.75) is 26.3 Å². The van der Waals surface area contributed by atoms with Gasteiger partial charge in [-0.2, -0.15) is 0 Å². The Balaban J connectivity index is 2.20. The van der Waals surface area contributed by atoms with Crippen LogP contribution in [0.2, 0.25) is 0 Å². The second-order valence-electron chi connectivity index (χ2n) is 4.20. The number of likely N-dealkylation sites (tertiary alicyclic amines) is 1. The maximum Gasteiger partial charge on any atom is 0.267 e. The maximum absolute atomic E-state index is 12.2. The first-order valence-corrected chi connectivity index (χ1v) is 6.13. The lowest BCUT2D eigenvalue weighted by Gasteiger charge is -2.24. The molecule has 0 spiro atoms. The SMILES string of the molecule is Cc1nnsc1C(=O)N1CCC(C)C1CO. The van der Waals surface area contributed by atoms with Gasteiger partial charge >= 0.3 is 0 Å². The molecular formula is C10H15N3O2S. The minimum absolute atomic E-state index is 0.0260. The Kier molecular flexibility index (Phi) is 3.20. The maximum atomic E-state index is 12.2. The number of aromatic nitrogens is 2. The summed E-state index contributed by atoms with van der Waals surface area (Å²) >= 11 is 1.12. The molecule has 88 valence electrons. The van der Waals surface area contributed by atoms with Gasteiger partial charge in [-0.15, -0.1) is 5.10 Å². The molecule has 1 N–H and O–H groups in total. The molecule has 1 fully saturated rings. The first kappa shape index (κ1) is 11.5. The Morgan fingerprint density at radius 1 is 1.69 bits per heavy atom. The second-order valence-corrected chi connectivity index (χ2v) is 4.96. The smallest absolute Gasteiger partial charge is 0.267 e. The van der Waals surface area contributed by atoms with Crippen LogP contribution in [0, 0.1) is 12.8 Å². The minimum Gasteiger partial charge on any atom is -0.394 e. The van der Waals surface area contributed by atoms with Crippen molar-refractivity contribution in [3.05, 3.63) is 10.6 Å². The highest BCUT2D eigenvalue weighted by Gasteiger charge is 2.35. The molecule has 0 aromatic carbocycles. The molecule has 1 aromatic rings. The second kappa shape index (κ2) is 4.47. The van der Waals surface area contributed by atoms with Gasteiger partial charge < -0.3 is 10.0 Å². The van der Waals surface area contributed by atoms with Crippen LogP contribution in [-0.4, -0.2) is 44.7 Å². The van der Waals surface area contributed by atoms with Gasteiger partial charge in [0.25, 0.3) is 5.91 Å². The molecule has 1 aromatic heterocycles. The van der Waals surface area contributed by atoms with Gasteiger partial charge in [0.1, 0.15) is 4.88 Å². The summed E-state index contributed by atoms with van der Waals surface area (Å²) in [4.78, 5) is 14.5. The molecular weight excluding hydrogens is 226 g/mol. The van der Waals surface area contributed by atoms with Crippen LogP contribution in [0.3, 0.4) is 0 Å². The number of carbonyl (C=O) groups is 1. The third kappa shape index (κ3) is 1.82. The molecule has 1 saturated heterocycles. The van der Waals surface area contributed by atoms with E-state index in [0.29, 0.717) is 23.0 Å². The zero-order valence-electron chi connectivity index (χ0n) is 9.38. The summed E-state index contributed by atoms with van der Waals surface area (Å²) in [5.41, 5.74) is 0.672. The van der Waals surface area contributed by atoms with Crippen molar-refractivity contribution in [3.63, 3.8) is 0 Å². The molecule has 16 heavy (non-hydrogen) atoms. The average Bonchev–Trinajstić information content (AvgIpc) is 2.83. The van der Waals surface area contributed by atoms with Gasteiger partial charge in [0.15, 0.2) is 0 Å². The fourth-order valence-corrected chi connectivity index (χ4v) is 2.71. The number of aliphatic hydroxyl groups is 1. The Hall–Kier alpha value is -1.01. The minimum atomic E-state index is -0.0611. The topological polar surface area (TPSA) is 66.3 Å². The van der Waals surface area contributed by atoms with Crippen LogP contribution in [0.4, 0.5) is 0 Å². The summed E-state index contributed by atoms with van der Waals surface area (Å²) in [6, 6.07) is -0.0611. The predicted octanol–water partition coefficient (Wildman–Crippen LogP) is 0.689. The van der Waals surface area contributed by atoms with Gasteiger partial charge in [0.2, 0.25) is 0 Å². The molecule has 0 bridgehead atoms. The van der Waals surface area contributed by atoms with Gasteiger partial charge in [0, 0.05) is 6.54 Å². The first-order valence-electron chi connectivity index (χ1n) is 5.36. The molecule has 2 unspecified atom stereocenters. The van der Waals surface area contributed by atoms with E-state index in [4.69, 9.17) is 0 Å². The van der Waals surface area contributed by atoms with Crippen LogP contribution in [0.25, 0.3) is 0 Å². The third-order valence-corrected chi connectivity index (χ3v) is 3.99. The molecule has 0 saturated carbocycles. The number of aliphatic hydroxyl groups excluding tert-OH is 1. The predicted molar refractivity (Wildman–Crippen MR) is 60.3 cm³/mol. The van der Waals surface area contributed by atoms with Gasteiger partial charge in [-0.1, -0.05) is 11.4 Å². The molecule has 2 heterocycles. The molecule has 2 atom stereocenters. The lowest BCUT2D eigenvalue weighted by molar-refractivity contribution is 0.0652. The summed E-state index contributed by atoms with van der Waals surface area (Å²) in [5.74, 6) is 0.311. The normalized spacial score (nSPS) is 25.1. The highest BCUT2D eigenvalue weighted by molar-refractivity contribution is 7.07. The fourth-order valence-electron chi connectivity index (χ4n) is 2.10. The van der Waals surface area contributed by atoms with Gasteiger partial charge in [-0.3, -0.25) is 4.79 Å². The van der Waals surface area contributed by atoms with Gasteiger partial charge in [-0.25, -0.2) is 0 Å². The van der Waals surface area contributed by atoms with E-state index in [2.05, 4.69) is 16.5 Å². The number of nitrogens with zero attached hydrogens (tertiary/aromatic N) is 3. The molecule has 6 heteroatoms. The van der Waals surface area contributed by atoms with Crippen LogP contribution in [0.15, 0.2) is 0 Å². The van der Waals surface area contributed by atoms with Crippen LogP contribution < -0.4 is 0 Å². The molecule has 1 aliphatic rings. The number of hydrogen-bond donors (Lipinski definition) is 1. The highest BCUT2D eigenvalue weighted by atomic mass is 32.1. The van der Waals surface area contributed by atoms with Crippen molar-refractivity contribution in [3.8, 4) is 0 Å². The van der Waals surface area contributed by atoms with Crippen molar-refractivity contribution in [2.24, 2.45) is 5.92 Å². The third-order valence-electron chi connectivity index (χ3n) is 3.18. The summed E-state index contributed by atoms with van der Waals surface area (Å²) in [7, 11) is 0. The Morgan fingerprint density at radius 2 is 2.44 bits per heavy atom. The van der Waals surface area contributed by atoms with E-state index in [1.807, 2.05) is 0 Å². The van der Waals surface area contributed by atoms with E-state index >= 15 is 0 Å². The number of carbonyl (C=O) groups excluding carboxylic acids is 1. The fraction of sp³-hybridized carbons (Fsp3) is 0.700. The Morgan fingerprint density at radius 3 is 3.00 bits per heavy atom. The van der Waals surface area contributed by atoms with E-state index in [1.54, 1.807) is 11.8 Å². The zero-order chi connectivity index (χ0) is 11.7. The van der Waals surface area contributed by atoms with Crippen molar-refractivity contribution >= 4 is 17.4 Å². The summed E-state index contributed by atoms with van der Waals surface area (Å²) in [6.07, 6.45) is 0.947. The van der Waals surface area contributed by atoms with Crippen LogP contribution in [-0.2, 0) is 0 Å². The Bertz CT molecular complexity index is 393. The quantitative estimate of drug-likeness (QED) is 0.827. The highest BCUT2D eigenvalue weighted by Crippen LogP contribution is 2.26. The van der Waals surface area contributed by atoms with Crippen LogP contribution in [0.1, 0.15) is 28.7 Å². The van der Waals surface area contributed by atoms with Gasteiger partial charge in [-0.05, 0) is 30.8 Å². The van der Waals surface area contributed by atoms with Gasteiger partial charge in [0.05, 0.1) is 18.3 Å². The first-order chi connectivity index (χ1) is 7.65. The van der Waals surface area contributed by atoms with Crippen molar-refractivity contribution in [1.82, 2.24) is 14.5 Å². The van der Waals surface area contributed by atoms with E-state index in [1.165, 1.54) is 0 Å². The average molecular weight is 241 g/mol. The largest absolute Gasteiger partial charge is 0.394 e. The molecule has 1 aliphatic heterocycles.